The minimum absolute atomic E-state index is 0.108. The van der Waals surface area contributed by atoms with Gasteiger partial charge >= 0.3 is 0 Å². The molecule has 1 amide bonds. The molecule has 0 fully saturated rings. The Balaban J connectivity index is 2.34. The van der Waals surface area contributed by atoms with E-state index < -0.39 is 10.0 Å². The molecule has 21 heavy (non-hydrogen) atoms. The Kier molecular flexibility index (Phi) is 4.82. The number of rotatable bonds is 4. The van der Waals surface area contributed by atoms with Gasteiger partial charge in [-0.3, -0.25) is 4.79 Å². The van der Waals surface area contributed by atoms with Crippen LogP contribution in [0.1, 0.15) is 15.2 Å². The topological polar surface area (TPSA) is 75.3 Å². The molecule has 0 unspecified atom stereocenters. The number of nitrogens with one attached hydrogen (secondary N) is 2. The van der Waals surface area contributed by atoms with Crippen LogP contribution in [0, 0.1) is 6.92 Å². The molecule has 0 aliphatic heterocycles. The number of sulfonamides is 1. The van der Waals surface area contributed by atoms with E-state index >= 15 is 0 Å². The molecule has 0 aliphatic rings. The molecule has 0 bridgehead atoms. The first kappa shape index (κ1) is 16.2. The van der Waals surface area contributed by atoms with E-state index in [1.54, 1.807) is 24.4 Å². The van der Waals surface area contributed by atoms with Gasteiger partial charge in [-0.1, -0.05) is 6.07 Å². The first-order valence-electron chi connectivity index (χ1n) is 5.93. The standard InChI is InChI=1S/C13H13BrN2O3S2/c1-8-3-4-9(21(18,19)15-2)7-11(8)16-13(17)12-10(14)5-6-20-12/h3-7,15H,1-2H3,(H,16,17). The van der Waals surface area contributed by atoms with Gasteiger partial charge in [0.15, 0.2) is 0 Å². The molecule has 2 rings (SSSR count). The lowest BCUT2D eigenvalue weighted by atomic mass is 10.2. The number of aryl methyl sites for hydroxylation is 1. The molecule has 0 spiro atoms. The summed E-state index contributed by atoms with van der Waals surface area (Å²) in [5.74, 6) is -0.279. The first-order valence-corrected chi connectivity index (χ1v) is 9.09. The minimum atomic E-state index is -3.54. The van der Waals surface area contributed by atoms with Crippen LogP contribution in [0.5, 0.6) is 0 Å². The van der Waals surface area contributed by atoms with Crippen molar-refractivity contribution in [3.8, 4) is 0 Å². The predicted octanol–water partition coefficient (Wildman–Crippen LogP) is 2.98. The Morgan fingerprint density at radius 2 is 2.00 bits per heavy atom. The van der Waals surface area contributed by atoms with Crippen LogP contribution in [-0.2, 0) is 10.0 Å². The molecule has 5 nitrogen and oxygen atoms in total. The van der Waals surface area contributed by atoms with E-state index in [0.29, 0.717) is 15.0 Å². The van der Waals surface area contributed by atoms with Crippen LogP contribution in [0.25, 0.3) is 0 Å². The summed E-state index contributed by atoms with van der Waals surface area (Å²) in [7, 11) is -2.20. The third-order valence-electron chi connectivity index (χ3n) is 2.86. The molecule has 1 heterocycles. The van der Waals surface area contributed by atoms with E-state index in [-0.39, 0.29) is 10.8 Å². The number of hydrogen-bond donors (Lipinski definition) is 2. The molecule has 0 saturated carbocycles. The summed E-state index contributed by atoms with van der Waals surface area (Å²) in [6.07, 6.45) is 0. The molecule has 0 aliphatic carbocycles. The smallest absolute Gasteiger partial charge is 0.266 e. The van der Waals surface area contributed by atoms with Crippen LogP contribution < -0.4 is 10.0 Å². The highest BCUT2D eigenvalue weighted by Gasteiger charge is 2.16. The van der Waals surface area contributed by atoms with Crippen LogP contribution in [0.3, 0.4) is 0 Å². The van der Waals surface area contributed by atoms with Crippen molar-refractivity contribution in [3.05, 3.63) is 44.6 Å². The van der Waals surface area contributed by atoms with Gasteiger partial charge in [0.1, 0.15) is 4.88 Å². The molecular weight excluding hydrogens is 376 g/mol. The van der Waals surface area contributed by atoms with E-state index in [9.17, 15) is 13.2 Å². The zero-order valence-electron chi connectivity index (χ0n) is 11.3. The Hall–Kier alpha value is -1.22. The van der Waals surface area contributed by atoms with Crippen molar-refractivity contribution < 1.29 is 13.2 Å². The summed E-state index contributed by atoms with van der Waals surface area (Å²) in [4.78, 5) is 12.8. The Morgan fingerprint density at radius 3 is 2.57 bits per heavy atom. The van der Waals surface area contributed by atoms with Crippen LogP contribution in [-0.4, -0.2) is 21.4 Å². The number of carbonyl (C=O) groups excluding carboxylic acids is 1. The molecule has 0 atom stereocenters. The van der Waals surface area contributed by atoms with Gasteiger partial charge in [0.05, 0.1) is 4.90 Å². The molecule has 0 saturated heterocycles. The van der Waals surface area contributed by atoms with Crippen molar-refractivity contribution in [1.29, 1.82) is 0 Å². The number of thiophene rings is 1. The molecule has 0 radical (unpaired) electrons. The van der Waals surface area contributed by atoms with Crippen LogP contribution in [0.2, 0.25) is 0 Å². The maximum absolute atomic E-state index is 12.2. The highest BCUT2D eigenvalue weighted by Crippen LogP contribution is 2.25. The summed E-state index contributed by atoms with van der Waals surface area (Å²) in [5.41, 5.74) is 1.25. The van der Waals surface area contributed by atoms with E-state index in [0.717, 1.165) is 5.56 Å². The van der Waals surface area contributed by atoms with Crippen molar-refractivity contribution in [2.75, 3.05) is 12.4 Å². The summed E-state index contributed by atoms with van der Waals surface area (Å²) in [5, 5.41) is 4.54. The van der Waals surface area contributed by atoms with Crippen molar-refractivity contribution >= 4 is 48.9 Å². The lowest BCUT2D eigenvalue weighted by Gasteiger charge is -2.10. The largest absolute Gasteiger partial charge is 0.321 e. The fraction of sp³-hybridized carbons (Fsp3) is 0.154. The van der Waals surface area contributed by atoms with Gasteiger partial charge in [-0.25, -0.2) is 13.1 Å². The fourth-order valence-corrected chi connectivity index (χ4v) is 3.86. The molecular formula is C13H13BrN2O3S2. The van der Waals surface area contributed by atoms with Gasteiger partial charge in [0.25, 0.3) is 5.91 Å². The summed E-state index contributed by atoms with van der Waals surface area (Å²) >= 11 is 4.61. The highest BCUT2D eigenvalue weighted by atomic mass is 79.9. The fourth-order valence-electron chi connectivity index (χ4n) is 1.66. The Labute approximate surface area is 135 Å². The SMILES string of the molecule is CNS(=O)(=O)c1ccc(C)c(NC(=O)c2sccc2Br)c1. The average Bonchev–Trinajstić information content (AvgIpc) is 2.87. The normalized spacial score (nSPS) is 11.4. The highest BCUT2D eigenvalue weighted by molar-refractivity contribution is 9.10. The van der Waals surface area contributed by atoms with E-state index in [2.05, 4.69) is 26.0 Å². The van der Waals surface area contributed by atoms with Crippen LogP contribution in [0.15, 0.2) is 39.0 Å². The van der Waals surface area contributed by atoms with Gasteiger partial charge in [0.2, 0.25) is 10.0 Å². The second-order valence-electron chi connectivity index (χ2n) is 4.24. The second-order valence-corrected chi connectivity index (χ2v) is 7.89. The van der Waals surface area contributed by atoms with Gasteiger partial charge < -0.3 is 5.32 Å². The van der Waals surface area contributed by atoms with Gasteiger partial charge in [-0.05, 0) is 59.0 Å². The summed E-state index contributed by atoms with van der Waals surface area (Å²) in [6, 6.07) is 6.39. The van der Waals surface area contributed by atoms with Gasteiger partial charge in [-0.15, -0.1) is 11.3 Å². The predicted molar refractivity (Wildman–Crippen MR) is 87.4 cm³/mol. The van der Waals surface area contributed by atoms with Crippen LogP contribution >= 0.6 is 27.3 Å². The van der Waals surface area contributed by atoms with Crippen molar-refractivity contribution in [1.82, 2.24) is 4.72 Å². The third kappa shape index (κ3) is 3.52. The number of anilines is 1. The number of benzene rings is 1. The minimum Gasteiger partial charge on any atom is -0.321 e. The van der Waals surface area contributed by atoms with E-state index in [4.69, 9.17) is 0 Å². The summed E-state index contributed by atoms with van der Waals surface area (Å²) in [6.45, 7) is 1.80. The van der Waals surface area contributed by atoms with E-state index in [1.807, 2.05) is 0 Å². The van der Waals surface area contributed by atoms with E-state index in [1.165, 1.54) is 30.5 Å². The zero-order chi connectivity index (χ0) is 15.6. The monoisotopic (exact) mass is 388 g/mol. The van der Waals surface area contributed by atoms with Crippen molar-refractivity contribution in [2.45, 2.75) is 11.8 Å². The molecule has 1 aromatic heterocycles. The molecule has 1 aromatic carbocycles. The quantitative estimate of drug-likeness (QED) is 0.844. The Bertz CT molecular complexity index is 784. The molecule has 112 valence electrons. The number of hydrogen-bond acceptors (Lipinski definition) is 4. The zero-order valence-corrected chi connectivity index (χ0v) is 14.5. The molecule has 2 N–H and O–H groups in total. The third-order valence-corrected chi connectivity index (χ3v) is 6.11. The Morgan fingerprint density at radius 1 is 1.29 bits per heavy atom. The lowest BCUT2D eigenvalue weighted by molar-refractivity contribution is 0.103. The molecule has 8 heteroatoms. The van der Waals surface area contributed by atoms with Crippen LogP contribution in [0.4, 0.5) is 5.69 Å². The number of amides is 1. The number of halogens is 1. The molecule has 2 aromatic rings. The average molecular weight is 389 g/mol. The maximum atomic E-state index is 12.2. The first-order chi connectivity index (χ1) is 9.85. The van der Waals surface area contributed by atoms with Crippen molar-refractivity contribution in [2.24, 2.45) is 0 Å². The van der Waals surface area contributed by atoms with Gasteiger partial charge in [0, 0.05) is 10.2 Å². The second kappa shape index (κ2) is 6.27. The summed E-state index contributed by atoms with van der Waals surface area (Å²) < 4.78 is 26.6. The van der Waals surface area contributed by atoms with Crippen molar-refractivity contribution in [3.63, 3.8) is 0 Å². The lowest BCUT2D eigenvalue weighted by Crippen LogP contribution is -2.19. The van der Waals surface area contributed by atoms with Gasteiger partial charge in [-0.2, -0.15) is 0 Å². The maximum Gasteiger partial charge on any atom is 0.266 e. The number of carbonyl (C=O) groups is 1.